The Morgan fingerprint density at radius 3 is 1.80 bits per heavy atom. The Kier molecular flexibility index (Phi) is 7.16. The van der Waals surface area contributed by atoms with Crippen molar-refractivity contribution < 1.29 is 0 Å². The van der Waals surface area contributed by atoms with E-state index in [1.807, 2.05) is 18.2 Å². The van der Waals surface area contributed by atoms with Crippen molar-refractivity contribution in [3.63, 3.8) is 0 Å². The Bertz CT molecular complexity index is 691. The Labute approximate surface area is 160 Å². The minimum absolute atomic E-state index is 0.497. The second-order valence-corrected chi connectivity index (χ2v) is 9.50. The number of hydrogen-bond donors (Lipinski definition) is 1. The molecule has 0 spiro atoms. The molecule has 2 aromatic rings. The first-order chi connectivity index (χ1) is 11.8. The Morgan fingerprint density at radius 1 is 0.840 bits per heavy atom. The summed E-state index contributed by atoms with van der Waals surface area (Å²) in [6.45, 7) is 13.7. The van der Waals surface area contributed by atoms with Crippen LogP contribution in [-0.2, 0) is 0 Å². The van der Waals surface area contributed by atoms with Crippen molar-refractivity contribution in [1.29, 1.82) is 0 Å². The largest absolute Gasteiger partial charge is 0.346 e. The lowest BCUT2D eigenvalue weighted by molar-refractivity contribution is 0.813. The molecule has 0 heterocycles. The van der Waals surface area contributed by atoms with Crippen molar-refractivity contribution in [2.75, 3.05) is 5.32 Å². The molecule has 25 heavy (non-hydrogen) atoms. The molecule has 0 fully saturated rings. The molecule has 2 rings (SSSR count). The highest BCUT2D eigenvalue weighted by Crippen LogP contribution is 2.31. The lowest BCUT2D eigenvalue weighted by Gasteiger charge is -2.23. The zero-order valence-corrected chi connectivity index (χ0v) is 18.0. The molecule has 3 heteroatoms. The standard InChI is InChI=1S/C22H30NPS/c1-14(2)17-12-19(15(3)4)21(20(13-17)16(5)6)24-22(25)23-18-10-8-7-9-11-18/h7-16,24H,1-6H3,(H,23,25). The van der Waals surface area contributed by atoms with Crippen molar-refractivity contribution in [3.8, 4) is 0 Å². The van der Waals surface area contributed by atoms with Crippen LogP contribution in [0.25, 0.3) is 0 Å². The third-order valence-corrected chi connectivity index (χ3v) is 5.99. The first kappa shape index (κ1) is 20.1. The molecule has 134 valence electrons. The molecule has 0 aliphatic carbocycles. The maximum absolute atomic E-state index is 5.70. The summed E-state index contributed by atoms with van der Waals surface area (Å²) in [5.41, 5.74) is 5.40. The summed E-state index contributed by atoms with van der Waals surface area (Å²) >= 11 is 5.70. The zero-order valence-electron chi connectivity index (χ0n) is 16.2. The fourth-order valence-electron chi connectivity index (χ4n) is 2.90. The number of para-hydroxylation sites is 1. The lowest BCUT2D eigenvalue weighted by Crippen LogP contribution is -2.19. The van der Waals surface area contributed by atoms with E-state index in [9.17, 15) is 0 Å². The van der Waals surface area contributed by atoms with E-state index in [1.165, 1.54) is 22.0 Å². The minimum atomic E-state index is 0.497. The van der Waals surface area contributed by atoms with Crippen LogP contribution in [0.4, 0.5) is 5.69 Å². The van der Waals surface area contributed by atoms with Gasteiger partial charge in [0.15, 0.2) is 0 Å². The summed E-state index contributed by atoms with van der Waals surface area (Å²) in [7, 11) is 0.497. The third kappa shape index (κ3) is 5.36. The molecule has 0 radical (unpaired) electrons. The highest BCUT2D eigenvalue weighted by atomic mass is 32.1. The molecule has 0 saturated heterocycles. The van der Waals surface area contributed by atoms with Gasteiger partial charge in [0.2, 0.25) is 0 Å². The smallest absolute Gasteiger partial charge is 0.104 e. The maximum atomic E-state index is 5.70. The molecule has 0 aliphatic rings. The van der Waals surface area contributed by atoms with Gasteiger partial charge in [-0.05, 0) is 60.5 Å². The molecule has 0 aromatic heterocycles. The monoisotopic (exact) mass is 371 g/mol. The Balaban J connectivity index is 2.39. The van der Waals surface area contributed by atoms with E-state index < -0.39 is 0 Å². The first-order valence-corrected chi connectivity index (χ1v) is 10.5. The predicted octanol–water partition coefficient (Wildman–Crippen LogP) is 6.76. The van der Waals surface area contributed by atoms with Crippen molar-refractivity contribution in [1.82, 2.24) is 0 Å². The van der Waals surface area contributed by atoms with Gasteiger partial charge in [-0.25, -0.2) is 0 Å². The van der Waals surface area contributed by atoms with E-state index in [4.69, 9.17) is 12.2 Å². The van der Waals surface area contributed by atoms with Crippen LogP contribution in [0.3, 0.4) is 0 Å². The van der Waals surface area contributed by atoms with Crippen LogP contribution in [-0.4, -0.2) is 4.73 Å². The highest BCUT2D eigenvalue weighted by molar-refractivity contribution is 7.95. The number of hydrogen-bond acceptors (Lipinski definition) is 1. The van der Waals surface area contributed by atoms with Crippen LogP contribution < -0.4 is 10.6 Å². The molecule has 1 atom stereocenters. The van der Waals surface area contributed by atoms with Crippen LogP contribution in [0.2, 0.25) is 0 Å². The number of thiocarbonyl (C=S) groups is 1. The second-order valence-electron chi connectivity index (χ2n) is 7.48. The first-order valence-electron chi connectivity index (χ1n) is 9.10. The second kappa shape index (κ2) is 8.92. The summed E-state index contributed by atoms with van der Waals surface area (Å²) in [5, 5.41) is 4.84. The van der Waals surface area contributed by atoms with Gasteiger partial charge in [0.25, 0.3) is 0 Å². The third-order valence-electron chi connectivity index (χ3n) is 4.40. The van der Waals surface area contributed by atoms with Crippen LogP contribution in [0.15, 0.2) is 42.5 Å². The van der Waals surface area contributed by atoms with Crippen molar-refractivity contribution in [2.45, 2.75) is 59.3 Å². The van der Waals surface area contributed by atoms with E-state index in [0.29, 0.717) is 26.3 Å². The summed E-state index contributed by atoms with van der Waals surface area (Å²) in [4.78, 5) is 0. The molecule has 2 aromatic carbocycles. The van der Waals surface area contributed by atoms with Crippen molar-refractivity contribution >= 4 is 36.5 Å². The Morgan fingerprint density at radius 2 is 1.36 bits per heavy atom. The van der Waals surface area contributed by atoms with Gasteiger partial charge in [-0.3, -0.25) is 0 Å². The van der Waals surface area contributed by atoms with Gasteiger partial charge >= 0.3 is 0 Å². The zero-order chi connectivity index (χ0) is 18.6. The van der Waals surface area contributed by atoms with Gasteiger partial charge in [0.05, 0.1) is 0 Å². The van der Waals surface area contributed by atoms with Crippen LogP contribution in [0.1, 0.15) is 76.0 Å². The average molecular weight is 372 g/mol. The van der Waals surface area contributed by atoms with E-state index in [0.717, 1.165) is 10.4 Å². The average Bonchev–Trinajstić information content (AvgIpc) is 2.54. The highest BCUT2D eigenvalue weighted by Gasteiger charge is 2.18. The van der Waals surface area contributed by atoms with Crippen molar-refractivity contribution in [2.24, 2.45) is 0 Å². The molecule has 0 bridgehead atoms. The number of rotatable bonds is 6. The topological polar surface area (TPSA) is 12.0 Å². The molecular formula is C22H30NPS. The fourth-order valence-corrected chi connectivity index (χ4v) is 4.77. The van der Waals surface area contributed by atoms with Gasteiger partial charge in [-0.1, -0.05) is 84.1 Å². The molecule has 1 nitrogen and oxygen atoms in total. The summed E-state index contributed by atoms with van der Waals surface area (Å²) in [5.74, 6) is 1.54. The van der Waals surface area contributed by atoms with Gasteiger partial charge in [0.1, 0.15) is 4.73 Å². The van der Waals surface area contributed by atoms with Crippen LogP contribution in [0.5, 0.6) is 0 Å². The van der Waals surface area contributed by atoms with Gasteiger partial charge in [-0.15, -0.1) is 0 Å². The number of anilines is 1. The summed E-state index contributed by atoms with van der Waals surface area (Å²) < 4.78 is 0.910. The summed E-state index contributed by atoms with van der Waals surface area (Å²) in [6, 6.07) is 15.0. The van der Waals surface area contributed by atoms with Crippen LogP contribution in [0, 0.1) is 0 Å². The van der Waals surface area contributed by atoms with Crippen LogP contribution >= 0.6 is 20.8 Å². The lowest BCUT2D eigenvalue weighted by atomic mass is 9.89. The quantitative estimate of drug-likeness (QED) is 0.445. The van der Waals surface area contributed by atoms with Crippen molar-refractivity contribution in [3.05, 3.63) is 59.2 Å². The molecule has 0 saturated carbocycles. The van der Waals surface area contributed by atoms with Gasteiger partial charge in [-0.2, -0.15) is 0 Å². The molecule has 1 N–H and O–H groups in total. The van der Waals surface area contributed by atoms with E-state index in [2.05, 4.69) is 71.1 Å². The summed E-state index contributed by atoms with van der Waals surface area (Å²) in [6.07, 6.45) is 0. The van der Waals surface area contributed by atoms with E-state index >= 15 is 0 Å². The normalized spacial score (nSPS) is 11.9. The number of nitrogens with one attached hydrogen (secondary N) is 1. The molecule has 0 amide bonds. The number of benzene rings is 2. The molecule has 1 unspecified atom stereocenters. The maximum Gasteiger partial charge on any atom is 0.104 e. The van der Waals surface area contributed by atoms with Gasteiger partial charge < -0.3 is 5.32 Å². The predicted molar refractivity (Wildman–Crippen MR) is 119 cm³/mol. The fraction of sp³-hybridized carbons (Fsp3) is 0.409. The van der Waals surface area contributed by atoms with E-state index in [1.54, 1.807) is 0 Å². The van der Waals surface area contributed by atoms with Gasteiger partial charge in [0, 0.05) is 5.69 Å². The van der Waals surface area contributed by atoms with E-state index in [-0.39, 0.29) is 0 Å². The molecule has 0 aliphatic heterocycles. The Hall–Kier alpha value is -1.24. The minimum Gasteiger partial charge on any atom is -0.346 e. The SMILES string of the molecule is CC(C)c1cc(C(C)C)c(PC(=S)Nc2ccccc2)c(C(C)C)c1. The molecular weight excluding hydrogens is 341 g/mol.